The monoisotopic (exact) mass is 394 g/mol. The third-order valence-corrected chi connectivity index (χ3v) is 5.58. The van der Waals surface area contributed by atoms with Gasteiger partial charge in [-0.2, -0.15) is 11.8 Å². The molecule has 1 aliphatic heterocycles. The van der Waals surface area contributed by atoms with Crippen LogP contribution in [-0.4, -0.2) is 34.6 Å². The molecule has 1 unspecified atom stereocenters. The molecule has 0 bridgehead atoms. The Bertz CT molecular complexity index is 712. The number of aromatic nitrogens is 1. The molecule has 1 fully saturated rings. The van der Waals surface area contributed by atoms with Crippen molar-refractivity contribution in [2.75, 3.05) is 18.8 Å². The van der Waals surface area contributed by atoms with Crippen molar-refractivity contribution in [2.24, 2.45) is 0 Å². The molecule has 3 nitrogen and oxygen atoms in total. The second kappa shape index (κ2) is 7.45. The number of amides is 1. The predicted molar refractivity (Wildman–Crippen MR) is 94.1 cm³/mol. The molecule has 1 saturated heterocycles. The summed E-state index contributed by atoms with van der Waals surface area (Å²) in [4.78, 5) is 18.5. The maximum absolute atomic E-state index is 14.0. The van der Waals surface area contributed by atoms with E-state index in [-0.39, 0.29) is 17.0 Å². The molecule has 1 aromatic heterocycles. The minimum absolute atomic E-state index is 0.0198. The third kappa shape index (κ3) is 3.93. The zero-order chi connectivity index (χ0) is 16.2. The molecule has 0 aliphatic carbocycles. The summed E-state index contributed by atoms with van der Waals surface area (Å²) in [7, 11) is 0. The standard InChI is InChI=1S/C17H16BrFN2OS/c18-13-9-12(10-20-11-13)17(22)21-6-5-16(23-8-7-21)14-3-1-2-4-15(14)19/h1-4,9-11,16H,5-8H2. The number of nitrogens with zero attached hydrogens (tertiary/aromatic N) is 2. The van der Waals surface area contributed by atoms with Crippen molar-refractivity contribution in [2.45, 2.75) is 11.7 Å². The van der Waals surface area contributed by atoms with Crippen LogP contribution in [0.25, 0.3) is 0 Å². The SMILES string of the molecule is O=C(c1cncc(Br)c1)N1CCSC(c2ccccc2F)CC1. The van der Waals surface area contributed by atoms with Crippen LogP contribution in [0.2, 0.25) is 0 Å². The minimum atomic E-state index is -0.166. The second-order valence-electron chi connectivity index (χ2n) is 5.35. The Morgan fingerprint density at radius 2 is 2.13 bits per heavy atom. The third-order valence-electron chi connectivity index (χ3n) is 3.83. The quantitative estimate of drug-likeness (QED) is 0.760. The smallest absolute Gasteiger partial charge is 0.255 e. The minimum Gasteiger partial charge on any atom is -0.338 e. The second-order valence-corrected chi connectivity index (χ2v) is 7.58. The lowest BCUT2D eigenvalue weighted by molar-refractivity contribution is 0.0766. The molecule has 2 heterocycles. The van der Waals surface area contributed by atoms with Crippen LogP contribution < -0.4 is 0 Å². The number of pyridine rings is 1. The van der Waals surface area contributed by atoms with Gasteiger partial charge < -0.3 is 4.90 Å². The van der Waals surface area contributed by atoms with Crippen LogP contribution in [0.3, 0.4) is 0 Å². The van der Waals surface area contributed by atoms with Crippen molar-refractivity contribution in [1.82, 2.24) is 9.88 Å². The van der Waals surface area contributed by atoms with Crippen LogP contribution in [0.5, 0.6) is 0 Å². The average Bonchev–Trinajstić information content (AvgIpc) is 2.80. The molecule has 0 spiro atoms. The number of carbonyl (C=O) groups is 1. The van der Waals surface area contributed by atoms with E-state index in [1.54, 1.807) is 36.3 Å². The highest BCUT2D eigenvalue weighted by molar-refractivity contribution is 9.10. The average molecular weight is 395 g/mol. The van der Waals surface area contributed by atoms with E-state index in [1.165, 1.54) is 6.07 Å². The Hall–Kier alpha value is -1.40. The molecular formula is C17H16BrFN2OS. The van der Waals surface area contributed by atoms with Gasteiger partial charge in [-0.05, 0) is 34.5 Å². The van der Waals surface area contributed by atoms with Gasteiger partial charge in [-0.15, -0.1) is 0 Å². The number of rotatable bonds is 2. The summed E-state index contributed by atoms with van der Waals surface area (Å²) in [6.45, 7) is 1.29. The number of halogens is 2. The van der Waals surface area contributed by atoms with Gasteiger partial charge >= 0.3 is 0 Å². The van der Waals surface area contributed by atoms with E-state index in [9.17, 15) is 9.18 Å². The molecule has 1 atom stereocenters. The van der Waals surface area contributed by atoms with E-state index >= 15 is 0 Å². The lowest BCUT2D eigenvalue weighted by Gasteiger charge is -2.20. The molecule has 0 radical (unpaired) electrons. The summed E-state index contributed by atoms with van der Waals surface area (Å²) in [5, 5.41) is 0.0923. The first-order valence-electron chi connectivity index (χ1n) is 7.41. The van der Waals surface area contributed by atoms with E-state index in [0.29, 0.717) is 18.7 Å². The first-order valence-corrected chi connectivity index (χ1v) is 9.25. The Kier molecular flexibility index (Phi) is 5.33. The Morgan fingerprint density at radius 3 is 2.91 bits per heavy atom. The van der Waals surface area contributed by atoms with Gasteiger partial charge in [0.15, 0.2) is 0 Å². The highest BCUT2D eigenvalue weighted by Gasteiger charge is 2.24. The molecule has 6 heteroatoms. The van der Waals surface area contributed by atoms with Crippen molar-refractivity contribution >= 4 is 33.6 Å². The molecule has 1 aromatic carbocycles. The van der Waals surface area contributed by atoms with E-state index in [4.69, 9.17) is 0 Å². The Balaban J connectivity index is 1.71. The summed E-state index contributed by atoms with van der Waals surface area (Å²) in [5.41, 5.74) is 1.31. The van der Waals surface area contributed by atoms with Gasteiger partial charge in [0.05, 0.1) is 5.56 Å². The molecule has 2 aromatic rings. The van der Waals surface area contributed by atoms with Gasteiger partial charge in [0.2, 0.25) is 0 Å². The molecule has 23 heavy (non-hydrogen) atoms. The normalized spacial score (nSPS) is 18.5. The lowest BCUT2D eigenvalue weighted by Crippen LogP contribution is -2.33. The van der Waals surface area contributed by atoms with Gasteiger partial charge in [-0.25, -0.2) is 4.39 Å². The lowest BCUT2D eigenvalue weighted by atomic mass is 10.1. The number of thioether (sulfide) groups is 1. The summed E-state index contributed by atoms with van der Waals surface area (Å²) in [6, 6.07) is 8.68. The number of carbonyl (C=O) groups excluding carboxylic acids is 1. The molecule has 0 N–H and O–H groups in total. The molecular weight excluding hydrogens is 379 g/mol. The van der Waals surface area contributed by atoms with Crippen LogP contribution in [0.15, 0.2) is 47.2 Å². The summed E-state index contributed by atoms with van der Waals surface area (Å²) >= 11 is 5.05. The van der Waals surface area contributed by atoms with Crippen LogP contribution in [0.4, 0.5) is 4.39 Å². The molecule has 1 aliphatic rings. The van der Waals surface area contributed by atoms with Crippen molar-refractivity contribution in [3.05, 3.63) is 64.1 Å². The van der Waals surface area contributed by atoms with Crippen molar-refractivity contribution in [1.29, 1.82) is 0 Å². The van der Waals surface area contributed by atoms with Gasteiger partial charge in [0.25, 0.3) is 5.91 Å². The number of benzene rings is 1. The topological polar surface area (TPSA) is 33.2 Å². The first-order chi connectivity index (χ1) is 11.1. The highest BCUT2D eigenvalue weighted by atomic mass is 79.9. The van der Waals surface area contributed by atoms with Crippen molar-refractivity contribution < 1.29 is 9.18 Å². The van der Waals surface area contributed by atoms with E-state index < -0.39 is 0 Å². The maximum atomic E-state index is 14.0. The Labute approximate surface area is 147 Å². The molecule has 3 rings (SSSR count). The van der Waals surface area contributed by atoms with Crippen LogP contribution in [-0.2, 0) is 0 Å². The Morgan fingerprint density at radius 1 is 1.30 bits per heavy atom. The van der Waals surface area contributed by atoms with Crippen LogP contribution in [0, 0.1) is 5.82 Å². The molecule has 1 amide bonds. The first kappa shape index (κ1) is 16.5. The largest absolute Gasteiger partial charge is 0.338 e. The maximum Gasteiger partial charge on any atom is 0.255 e. The number of hydrogen-bond acceptors (Lipinski definition) is 3. The van der Waals surface area contributed by atoms with Gasteiger partial charge in [-0.1, -0.05) is 18.2 Å². The van der Waals surface area contributed by atoms with Gasteiger partial charge in [0, 0.05) is 46.5 Å². The van der Waals surface area contributed by atoms with Crippen molar-refractivity contribution in [3.8, 4) is 0 Å². The summed E-state index contributed by atoms with van der Waals surface area (Å²) < 4.78 is 14.8. The fraction of sp³-hybridized carbons (Fsp3) is 0.294. The summed E-state index contributed by atoms with van der Waals surface area (Å²) in [5.74, 6) is 0.612. The summed E-state index contributed by atoms with van der Waals surface area (Å²) in [6.07, 6.45) is 3.99. The van der Waals surface area contributed by atoms with E-state index in [2.05, 4.69) is 20.9 Å². The molecule has 120 valence electrons. The van der Waals surface area contributed by atoms with E-state index in [1.807, 2.05) is 17.0 Å². The highest BCUT2D eigenvalue weighted by Crippen LogP contribution is 2.35. The van der Waals surface area contributed by atoms with Crippen LogP contribution in [0.1, 0.15) is 27.6 Å². The van der Waals surface area contributed by atoms with Gasteiger partial charge in [-0.3, -0.25) is 9.78 Å². The van der Waals surface area contributed by atoms with Crippen LogP contribution >= 0.6 is 27.7 Å². The molecule has 0 saturated carbocycles. The van der Waals surface area contributed by atoms with E-state index in [0.717, 1.165) is 22.2 Å². The fourth-order valence-electron chi connectivity index (χ4n) is 2.67. The zero-order valence-corrected chi connectivity index (χ0v) is 14.8. The number of hydrogen-bond donors (Lipinski definition) is 0. The predicted octanol–water partition coefficient (Wildman–Crippen LogP) is 4.30. The fourth-order valence-corrected chi connectivity index (χ4v) is 4.29. The van der Waals surface area contributed by atoms with Crippen molar-refractivity contribution in [3.63, 3.8) is 0 Å². The van der Waals surface area contributed by atoms with Gasteiger partial charge in [0.1, 0.15) is 5.82 Å². The zero-order valence-electron chi connectivity index (χ0n) is 12.4.